The van der Waals surface area contributed by atoms with Gasteiger partial charge >= 0.3 is 6.03 Å². The molecule has 1 N–H and O–H groups in total. The van der Waals surface area contributed by atoms with Gasteiger partial charge < -0.3 is 19.9 Å². The first kappa shape index (κ1) is 19.1. The molecule has 25 heavy (non-hydrogen) atoms. The Kier molecular flexibility index (Phi) is 6.28. The van der Waals surface area contributed by atoms with Crippen molar-refractivity contribution in [3.8, 4) is 5.75 Å². The van der Waals surface area contributed by atoms with Crippen LogP contribution in [0.2, 0.25) is 0 Å². The van der Waals surface area contributed by atoms with Gasteiger partial charge in [-0.2, -0.15) is 0 Å². The van der Waals surface area contributed by atoms with Crippen LogP contribution in [0.15, 0.2) is 18.2 Å². The number of nitrogens with zero attached hydrogens (tertiary/aromatic N) is 2. The number of benzene rings is 1. The molecule has 1 aliphatic rings. The molecule has 1 aromatic carbocycles. The van der Waals surface area contributed by atoms with Crippen LogP contribution in [0.1, 0.15) is 49.5 Å². The SMILES string of the molecule is COc1cc(C(C)C)ccc1C(=O)N1CCN(C(=O)NC(C)C)CC1. The minimum absolute atomic E-state index is 0.0453. The second-order valence-corrected chi connectivity index (χ2v) is 7.00. The van der Waals surface area contributed by atoms with E-state index in [0.29, 0.717) is 43.4 Å². The molecule has 2 rings (SSSR count). The number of ether oxygens (including phenoxy) is 1. The van der Waals surface area contributed by atoms with E-state index >= 15 is 0 Å². The molecule has 0 radical (unpaired) electrons. The highest BCUT2D eigenvalue weighted by atomic mass is 16.5. The molecule has 0 unspecified atom stereocenters. The molecule has 1 aliphatic heterocycles. The summed E-state index contributed by atoms with van der Waals surface area (Å²) in [4.78, 5) is 28.4. The average Bonchev–Trinajstić information content (AvgIpc) is 2.60. The first-order chi connectivity index (χ1) is 11.8. The van der Waals surface area contributed by atoms with E-state index in [1.165, 1.54) is 0 Å². The van der Waals surface area contributed by atoms with E-state index in [2.05, 4.69) is 19.2 Å². The number of hydrogen-bond donors (Lipinski definition) is 1. The lowest BCUT2D eigenvalue weighted by atomic mass is 10.0. The van der Waals surface area contributed by atoms with Crippen molar-refractivity contribution >= 4 is 11.9 Å². The molecular formula is C19H29N3O3. The Morgan fingerprint density at radius 1 is 1.04 bits per heavy atom. The molecule has 0 bridgehead atoms. The molecule has 6 nitrogen and oxygen atoms in total. The van der Waals surface area contributed by atoms with Gasteiger partial charge in [0.25, 0.3) is 5.91 Å². The fraction of sp³-hybridized carbons (Fsp3) is 0.579. The predicted molar refractivity (Wildman–Crippen MR) is 98.2 cm³/mol. The van der Waals surface area contributed by atoms with Crippen molar-refractivity contribution in [2.24, 2.45) is 0 Å². The van der Waals surface area contributed by atoms with Crippen LogP contribution in [-0.2, 0) is 0 Å². The molecule has 1 heterocycles. The lowest BCUT2D eigenvalue weighted by Gasteiger charge is -2.35. The molecule has 1 aromatic rings. The number of carbonyl (C=O) groups excluding carboxylic acids is 2. The third-order valence-corrected chi connectivity index (χ3v) is 4.39. The third kappa shape index (κ3) is 4.65. The maximum absolute atomic E-state index is 12.8. The molecule has 0 spiro atoms. The van der Waals surface area contributed by atoms with Crippen molar-refractivity contribution in [1.29, 1.82) is 0 Å². The van der Waals surface area contributed by atoms with Gasteiger partial charge in [0.15, 0.2) is 0 Å². The van der Waals surface area contributed by atoms with Gasteiger partial charge in [0.1, 0.15) is 5.75 Å². The van der Waals surface area contributed by atoms with Crippen molar-refractivity contribution in [2.75, 3.05) is 33.3 Å². The summed E-state index contributed by atoms with van der Waals surface area (Å²) in [6.45, 7) is 10.2. The summed E-state index contributed by atoms with van der Waals surface area (Å²) in [5, 5.41) is 2.89. The normalized spacial score (nSPS) is 14.8. The first-order valence-corrected chi connectivity index (χ1v) is 8.86. The molecule has 6 heteroatoms. The second-order valence-electron chi connectivity index (χ2n) is 7.00. The van der Waals surface area contributed by atoms with Crippen LogP contribution in [0, 0.1) is 0 Å². The van der Waals surface area contributed by atoms with Crippen LogP contribution in [0.5, 0.6) is 5.75 Å². The molecular weight excluding hydrogens is 318 g/mol. The number of nitrogens with one attached hydrogen (secondary N) is 1. The zero-order valence-corrected chi connectivity index (χ0v) is 15.8. The average molecular weight is 347 g/mol. The summed E-state index contributed by atoms with van der Waals surface area (Å²) in [7, 11) is 1.59. The largest absolute Gasteiger partial charge is 0.496 e. The zero-order chi connectivity index (χ0) is 18.6. The van der Waals surface area contributed by atoms with E-state index in [1.807, 2.05) is 32.0 Å². The fourth-order valence-corrected chi connectivity index (χ4v) is 2.86. The molecule has 1 saturated heterocycles. The molecule has 0 aliphatic carbocycles. The molecule has 138 valence electrons. The van der Waals surface area contributed by atoms with Crippen LogP contribution in [0.4, 0.5) is 4.79 Å². The topological polar surface area (TPSA) is 61.9 Å². The smallest absolute Gasteiger partial charge is 0.317 e. The van der Waals surface area contributed by atoms with Crippen LogP contribution in [-0.4, -0.2) is 61.1 Å². The van der Waals surface area contributed by atoms with E-state index in [9.17, 15) is 9.59 Å². The Labute approximate surface area is 150 Å². The lowest BCUT2D eigenvalue weighted by molar-refractivity contribution is 0.0660. The van der Waals surface area contributed by atoms with Crippen molar-refractivity contribution in [2.45, 2.75) is 39.7 Å². The Hall–Kier alpha value is -2.24. The summed E-state index contributed by atoms with van der Waals surface area (Å²) in [6, 6.07) is 5.79. The van der Waals surface area contributed by atoms with Gasteiger partial charge in [-0.1, -0.05) is 19.9 Å². The Balaban J connectivity index is 2.04. The van der Waals surface area contributed by atoms with E-state index in [-0.39, 0.29) is 18.0 Å². The summed E-state index contributed by atoms with van der Waals surface area (Å²) < 4.78 is 5.43. The molecule has 0 saturated carbocycles. The number of hydrogen-bond acceptors (Lipinski definition) is 3. The minimum atomic E-state index is -0.0686. The van der Waals surface area contributed by atoms with Gasteiger partial charge in [-0.15, -0.1) is 0 Å². The maximum Gasteiger partial charge on any atom is 0.317 e. The van der Waals surface area contributed by atoms with Crippen LogP contribution < -0.4 is 10.1 Å². The van der Waals surface area contributed by atoms with Crippen molar-refractivity contribution in [1.82, 2.24) is 15.1 Å². The van der Waals surface area contributed by atoms with Gasteiger partial charge in [-0.3, -0.25) is 4.79 Å². The summed E-state index contributed by atoms with van der Waals surface area (Å²) in [6.07, 6.45) is 0. The summed E-state index contributed by atoms with van der Waals surface area (Å²) >= 11 is 0. The van der Waals surface area contributed by atoms with Gasteiger partial charge in [-0.25, -0.2) is 4.79 Å². The number of rotatable bonds is 4. The molecule has 3 amide bonds. The van der Waals surface area contributed by atoms with Crippen molar-refractivity contribution in [3.05, 3.63) is 29.3 Å². The number of piperazine rings is 1. The van der Waals surface area contributed by atoms with Crippen molar-refractivity contribution in [3.63, 3.8) is 0 Å². The second kappa shape index (κ2) is 8.23. The highest BCUT2D eigenvalue weighted by molar-refractivity contribution is 5.97. The van der Waals surface area contributed by atoms with Crippen LogP contribution >= 0.6 is 0 Å². The van der Waals surface area contributed by atoms with E-state index < -0.39 is 0 Å². The van der Waals surface area contributed by atoms with E-state index in [0.717, 1.165) is 5.56 Å². The molecule has 0 aromatic heterocycles. The monoisotopic (exact) mass is 347 g/mol. The highest BCUT2D eigenvalue weighted by Gasteiger charge is 2.26. The Bertz CT molecular complexity index is 620. The Morgan fingerprint density at radius 2 is 1.64 bits per heavy atom. The van der Waals surface area contributed by atoms with Gasteiger partial charge in [0.2, 0.25) is 0 Å². The fourth-order valence-electron chi connectivity index (χ4n) is 2.86. The standard InChI is InChI=1S/C19H29N3O3/c1-13(2)15-6-7-16(17(12-15)25-5)18(23)21-8-10-22(11-9-21)19(24)20-14(3)4/h6-7,12-14H,8-11H2,1-5H3,(H,20,24). The van der Waals surface area contributed by atoms with Gasteiger partial charge in [-0.05, 0) is 37.5 Å². The number of urea groups is 1. The Morgan fingerprint density at radius 3 is 2.16 bits per heavy atom. The number of carbonyl (C=O) groups is 2. The first-order valence-electron chi connectivity index (χ1n) is 8.86. The molecule has 0 atom stereocenters. The van der Waals surface area contributed by atoms with Crippen molar-refractivity contribution < 1.29 is 14.3 Å². The summed E-state index contributed by atoms with van der Waals surface area (Å²) in [5.41, 5.74) is 1.72. The maximum atomic E-state index is 12.8. The van der Waals surface area contributed by atoms with Crippen LogP contribution in [0.3, 0.4) is 0 Å². The summed E-state index contributed by atoms with van der Waals surface area (Å²) in [5.74, 6) is 0.938. The lowest BCUT2D eigenvalue weighted by Crippen LogP contribution is -2.54. The van der Waals surface area contributed by atoms with Crippen LogP contribution in [0.25, 0.3) is 0 Å². The minimum Gasteiger partial charge on any atom is -0.496 e. The molecule has 1 fully saturated rings. The van der Waals surface area contributed by atoms with Gasteiger partial charge in [0, 0.05) is 32.2 Å². The third-order valence-electron chi connectivity index (χ3n) is 4.39. The zero-order valence-electron chi connectivity index (χ0n) is 15.8. The predicted octanol–water partition coefficient (Wildman–Crippen LogP) is 2.69. The highest BCUT2D eigenvalue weighted by Crippen LogP contribution is 2.26. The van der Waals surface area contributed by atoms with E-state index in [1.54, 1.807) is 16.9 Å². The number of amides is 3. The van der Waals surface area contributed by atoms with E-state index in [4.69, 9.17) is 4.74 Å². The quantitative estimate of drug-likeness (QED) is 0.911. The number of methoxy groups -OCH3 is 1. The van der Waals surface area contributed by atoms with Gasteiger partial charge in [0.05, 0.1) is 12.7 Å².